The van der Waals surface area contributed by atoms with E-state index in [2.05, 4.69) is 6.58 Å². The molecule has 7 nitrogen and oxygen atoms in total. The molecule has 0 fully saturated rings. The van der Waals surface area contributed by atoms with E-state index in [1.165, 1.54) is 38.1 Å². The summed E-state index contributed by atoms with van der Waals surface area (Å²) in [4.78, 5) is 34.8. The third-order valence-electron chi connectivity index (χ3n) is 3.20. The molecular formula is C17H20O7. The van der Waals surface area contributed by atoms with Crippen LogP contribution in [0.25, 0.3) is 0 Å². The van der Waals surface area contributed by atoms with Crippen LogP contribution in [0.5, 0.6) is 0 Å². The van der Waals surface area contributed by atoms with Crippen LogP contribution in [-0.2, 0) is 14.3 Å². The first kappa shape index (κ1) is 19.4. The van der Waals surface area contributed by atoms with Crippen LogP contribution in [0.15, 0.2) is 36.9 Å². The van der Waals surface area contributed by atoms with E-state index in [-0.39, 0.29) is 17.5 Å². The van der Waals surface area contributed by atoms with Crippen molar-refractivity contribution in [3.8, 4) is 0 Å². The molecule has 0 radical (unpaired) electrons. The van der Waals surface area contributed by atoms with E-state index in [1.807, 2.05) is 0 Å². The van der Waals surface area contributed by atoms with Gasteiger partial charge in [-0.05, 0) is 26.0 Å². The predicted molar refractivity (Wildman–Crippen MR) is 84.7 cm³/mol. The predicted octanol–water partition coefficient (Wildman–Crippen LogP) is 1.80. The topological polar surface area (TPSA) is 110 Å². The normalized spacial score (nSPS) is 14.1. The second kappa shape index (κ2) is 8.83. The van der Waals surface area contributed by atoms with Crippen molar-refractivity contribution in [2.45, 2.75) is 38.6 Å². The number of benzene rings is 1. The quantitative estimate of drug-likeness (QED) is 0.550. The second-order valence-corrected chi connectivity index (χ2v) is 5.23. The van der Waals surface area contributed by atoms with Gasteiger partial charge in [0.05, 0.1) is 17.2 Å². The fourth-order valence-electron chi connectivity index (χ4n) is 2.03. The first-order chi connectivity index (χ1) is 11.3. The first-order valence-corrected chi connectivity index (χ1v) is 7.30. The third-order valence-corrected chi connectivity index (χ3v) is 3.20. The monoisotopic (exact) mass is 336 g/mol. The van der Waals surface area contributed by atoms with Gasteiger partial charge in [-0.15, -0.1) is 0 Å². The minimum Gasteiger partial charge on any atom is -0.478 e. The fourth-order valence-corrected chi connectivity index (χ4v) is 2.03. The van der Waals surface area contributed by atoms with Crippen molar-refractivity contribution in [3.63, 3.8) is 0 Å². The average Bonchev–Trinajstić information content (AvgIpc) is 2.53. The molecule has 7 heteroatoms. The fraction of sp³-hybridized carbons (Fsp3) is 0.353. The summed E-state index contributed by atoms with van der Waals surface area (Å²) in [5.41, 5.74) is -0.322. The van der Waals surface area contributed by atoms with Gasteiger partial charge in [0.1, 0.15) is 12.2 Å². The van der Waals surface area contributed by atoms with Gasteiger partial charge in [0.25, 0.3) is 0 Å². The van der Waals surface area contributed by atoms with Gasteiger partial charge in [0, 0.05) is 12.5 Å². The van der Waals surface area contributed by atoms with Crippen LogP contribution in [0.3, 0.4) is 0 Å². The van der Waals surface area contributed by atoms with Gasteiger partial charge in [-0.1, -0.05) is 18.7 Å². The summed E-state index contributed by atoms with van der Waals surface area (Å²) in [5.74, 6) is -2.83. The minimum atomic E-state index is -1.26. The van der Waals surface area contributed by atoms with Gasteiger partial charge in [0.15, 0.2) is 0 Å². The molecule has 24 heavy (non-hydrogen) atoms. The molecule has 0 amide bonds. The Morgan fingerprint density at radius 3 is 2.25 bits per heavy atom. The van der Waals surface area contributed by atoms with Crippen molar-refractivity contribution in [1.82, 2.24) is 0 Å². The number of aromatic carboxylic acids is 1. The molecule has 2 N–H and O–H groups in total. The smallest absolute Gasteiger partial charge is 0.339 e. The number of aliphatic hydroxyl groups excluding tert-OH is 1. The van der Waals surface area contributed by atoms with Crippen LogP contribution in [0.4, 0.5) is 0 Å². The average molecular weight is 336 g/mol. The summed E-state index contributed by atoms with van der Waals surface area (Å²) in [6.45, 7) is 6.28. The summed E-state index contributed by atoms with van der Waals surface area (Å²) >= 11 is 0. The van der Waals surface area contributed by atoms with E-state index in [0.717, 1.165) is 6.08 Å². The second-order valence-electron chi connectivity index (χ2n) is 5.23. The maximum Gasteiger partial charge on any atom is 0.339 e. The molecule has 0 saturated carbocycles. The first-order valence-electron chi connectivity index (χ1n) is 7.30. The highest BCUT2D eigenvalue weighted by atomic mass is 16.6. The van der Waals surface area contributed by atoms with Crippen molar-refractivity contribution in [2.24, 2.45) is 0 Å². The van der Waals surface area contributed by atoms with Crippen LogP contribution in [0.2, 0.25) is 0 Å². The Morgan fingerprint density at radius 1 is 1.17 bits per heavy atom. The number of esters is 2. The summed E-state index contributed by atoms with van der Waals surface area (Å²) in [5, 5.41) is 18.7. The lowest BCUT2D eigenvalue weighted by molar-refractivity contribution is -0.149. The van der Waals surface area contributed by atoms with Crippen LogP contribution in [0.1, 0.15) is 41.0 Å². The van der Waals surface area contributed by atoms with Gasteiger partial charge in [-0.2, -0.15) is 0 Å². The Bertz CT molecular complexity index is 621. The van der Waals surface area contributed by atoms with Crippen molar-refractivity contribution in [3.05, 3.63) is 48.0 Å². The standard InChI is InChI=1S/C17H20O7/c1-4-15(19)23-11(3)14(9-10(2)18)24-17(22)13-8-6-5-7-12(13)16(20)21/h4-8,10-11,14,18H,1,9H2,2-3H3,(H,20,21). The summed E-state index contributed by atoms with van der Waals surface area (Å²) in [6, 6.07) is 5.60. The molecule has 130 valence electrons. The molecule has 1 rings (SSSR count). The largest absolute Gasteiger partial charge is 0.478 e. The van der Waals surface area contributed by atoms with Crippen LogP contribution in [0, 0.1) is 0 Å². The van der Waals surface area contributed by atoms with E-state index < -0.39 is 36.2 Å². The zero-order valence-corrected chi connectivity index (χ0v) is 13.5. The summed E-state index contributed by atoms with van der Waals surface area (Å²) in [7, 11) is 0. The molecule has 1 aromatic rings. The molecule has 0 spiro atoms. The van der Waals surface area contributed by atoms with Crippen molar-refractivity contribution in [1.29, 1.82) is 0 Å². The van der Waals surface area contributed by atoms with Gasteiger partial charge >= 0.3 is 17.9 Å². The number of rotatable bonds is 8. The molecule has 0 aliphatic heterocycles. The number of carboxylic acids is 1. The van der Waals surface area contributed by atoms with Crippen molar-refractivity contribution >= 4 is 17.9 Å². The van der Waals surface area contributed by atoms with Crippen LogP contribution < -0.4 is 0 Å². The van der Waals surface area contributed by atoms with Gasteiger partial charge < -0.3 is 19.7 Å². The highest BCUT2D eigenvalue weighted by Crippen LogP contribution is 2.17. The molecule has 3 unspecified atom stereocenters. The maximum atomic E-state index is 12.3. The highest BCUT2D eigenvalue weighted by molar-refractivity contribution is 6.02. The number of carboxylic acid groups (broad SMARTS) is 1. The number of hydrogen-bond donors (Lipinski definition) is 2. The zero-order chi connectivity index (χ0) is 18.3. The maximum absolute atomic E-state index is 12.3. The lowest BCUT2D eigenvalue weighted by Crippen LogP contribution is -2.35. The molecular weight excluding hydrogens is 316 g/mol. The molecule has 0 heterocycles. The van der Waals surface area contributed by atoms with Gasteiger partial charge in [-0.25, -0.2) is 14.4 Å². The molecule has 0 saturated heterocycles. The van der Waals surface area contributed by atoms with E-state index in [9.17, 15) is 19.5 Å². The molecule has 0 bridgehead atoms. The SMILES string of the molecule is C=CC(=O)OC(C)C(CC(C)O)OC(=O)c1ccccc1C(=O)O. The zero-order valence-electron chi connectivity index (χ0n) is 13.5. The Kier molecular flexibility index (Phi) is 7.13. The van der Waals surface area contributed by atoms with E-state index in [4.69, 9.17) is 14.6 Å². The van der Waals surface area contributed by atoms with Crippen molar-refractivity contribution in [2.75, 3.05) is 0 Å². The number of aliphatic hydroxyl groups is 1. The Labute approximate surface area is 139 Å². The number of carbonyl (C=O) groups is 3. The molecule has 0 aliphatic rings. The summed E-state index contributed by atoms with van der Waals surface area (Å²) in [6.07, 6.45) is -1.61. The molecule has 0 aliphatic carbocycles. The van der Waals surface area contributed by atoms with Gasteiger partial charge in [-0.3, -0.25) is 0 Å². The van der Waals surface area contributed by atoms with E-state index >= 15 is 0 Å². The Balaban J connectivity index is 2.97. The minimum absolute atomic E-state index is 0.0204. The summed E-state index contributed by atoms with van der Waals surface area (Å²) < 4.78 is 10.3. The van der Waals surface area contributed by atoms with Crippen molar-refractivity contribution < 1.29 is 34.1 Å². The van der Waals surface area contributed by atoms with E-state index in [1.54, 1.807) is 0 Å². The molecule has 0 aromatic heterocycles. The van der Waals surface area contributed by atoms with Gasteiger partial charge in [0.2, 0.25) is 0 Å². The molecule has 3 atom stereocenters. The Hall–Kier alpha value is -2.67. The third kappa shape index (κ3) is 5.51. The highest BCUT2D eigenvalue weighted by Gasteiger charge is 2.28. The lowest BCUT2D eigenvalue weighted by atomic mass is 10.1. The number of carbonyl (C=O) groups excluding carboxylic acids is 2. The molecule has 1 aromatic carbocycles. The number of ether oxygens (including phenoxy) is 2. The van der Waals surface area contributed by atoms with Crippen LogP contribution >= 0.6 is 0 Å². The van der Waals surface area contributed by atoms with Crippen LogP contribution in [-0.4, -0.2) is 46.4 Å². The van der Waals surface area contributed by atoms with E-state index in [0.29, 0.717) is 0 Å². The Morgan fingerprint density at radius 2 is 1.75 bits per heavy atom. The lowest BCUT2D eigenvalue weighted by Gasteiger charge is -2.25. The number of hydrogen-bond acceptors (Lipinski definition) is 6.